The Morgan fingerprint density at radius 3 is 2.47 bits per heavy atom. The highest BCUT2D eigenvalue weighted by molar-refractivity contribution is 6.08. The molecule has 1 saturated carbocycles. The zero-order valence-corrected chi connectivity index (χ0v) is 9.90. The first-order valence-electron chi connectivity index (χ1n) is 5.71. The fraction of sp³-hybridized carbons (Fsp3) is 0.727. The summed E-state index contributed by atoms with van der Waals surface area (Å²) in [6.45, 7) is 3.15. The molecule has 0 aromatic carbocycles. The number of carbonyl (C=O) groups excluding carboxylic acids is 2. The maximum absolute atomic E-state index is 12.0. The average Bonchev–Trinajstić information content (AvgIpc) is 2.95. The van der Waals surface area contributed by atoms with E-state index in [2.05, 4.69) is 5.32 Å². The lowest BCUT2D eigenvalue weighted by atomic mass is 10.0. The van der Waals surface area contributed by atoms with E-state index in [4.69, 9.17) is 5.11 Å². The molecule has 6 heteroatoms. The number of carboxylic acid groups (broad SMARTS) is 1. The Kier molecular flexibility index (Phi) is 2.60. The molecule has 1 aliphatic carbocycles. The molecule has 1 aliphatic heterocycles. The second-order valence-electron chi connectivity index (χ2n) is 5.26. The Bertz CT molecular complexity index is 387. The van der Waals surface area contributed by atoms with Crippen LogP contribution in [0.2, 0.25) is 0 Å². The molecule has 2 N–H and O–H groups in total. The predicted molar refractivity (Wildman–Crippen MR) is 58.2 cm³/mol. The molecule has 3 amide bonds. The van der Waals surface area contributed by atoms with Crippen LogP contribution in [0.4, 0.5) is 4.79 Å². The molecule has 2 aliphatic rings. The Hall–Kier alpha value is -1.59. The molecule has 6 nitrogen and oxygen atoms in total. The number of nitrogens with zero attached hydrogens (tertiary/aromatic N) is 1. The van der Waals surface area contributed by atoms with Crippen molar-refractivity contribution < 1.29 is 19.5 Å². The van der Waals surface area contributed by atoms with Crippen LogP contribution in [-0.4, -0.2) is 39.5 Å². The van der Waals surface area contributed by atoms with Crippen molar-refractivity contribution in [3.63, 3.8) is 0 Å². The summed E-state index contributed by atoms with van der Waals surface area (Å²) in [5.74, 6) is -1.24. The number of nitrogens with one attached hydrogen (secondary N) is 1. The molecule has 0 bridgehead atoms. The second-order valence-corrected chi connectivity index (χ2v) is 5.26. The molecule has 17 heavy (non-hydrogen) atoms. The van der Waals surface area contributed by atoms with Crippen molar-refractivity contribution in [2.75, 3.05) is 0 Å². The number of urea groups is 1. The van der Waals surface area contributed by atoms with E-state index >= 15 is 0 Å². The van der Waals surface area contributed by atoms with Gasteiger partial charge >= 0.3 is 12.0 Å². The normalized spacial score (nSPS) is 24.7. The zero-order chi connectivity index (χ0) is 12.8. The number of carboxylic acids is 1. The summed E-state index contributed by atoms with van der Waals surface area (Å²) in [7, 11) is 0. The summed E-state index contributed by atoms with van der Waals surface area (Å²) in [6, 6.07) is -1.63. The zero-order valence-electron chi connectivity index (χ0n) is 9.90. The number of aliphatic carboxylic acids is 1. The van der Waals surface area contributed by atoms with Gasteiger partial charge in [-0.3, -0.25) is 4.79 Å². The quantitative estimate of drug-likeness (QED) is 0.703. The lowest BCUT2D eigenvalue weighted by molar-refractivity contribution is -0.148. The van der Waals surface area contributed by atoms with Crippen LogP contribution in [-0.2, 0) is 9.59 Å². The van der Waals surface area contributed by atoms with E-state index in [0.29, 0.717) is 12.3 Å². The van der Waals surface area contributed by atoms with E-state index in [1.807, 2.05) is 0 Å². The second kappa shape index (κ2) is 3.72. The van der Waals surface area contributed by atoms with Gasteiger partial charge in [-0.15, -0.1) is 0 Å². The standard InChI is InChI=1S/C11H16N2O4/c1-11(2)9(16)13(10(17)12-11)7(8(14)15)5-6-3-4-6/h6-7H,3-5H2,1-2H3,(H,12,17)(H,14,15)/t7-/m0/s1. The fourth-order valence-electron chi connectivity index (χ4n) is 2.04. The lowest BCUT2D eigenvalue weighted by Gasteiger charge is -2.22. The molecule has 1 heterocycles. The van der Waals surface area contributed by atoms with Gasteiger partial charge in [0.05, 0.1) is 0 Å². The largest absolute Gasteiger partial charge is 0.480 e. The predicted octanol–water partition coefficient (Wildman–Crippen LogP) is 0.570. The molecule has 1 saturated heterocycles. The van der Waals surface area contributed by atoms with Crippen LogP contribution in [0.5, 0.6) is 0 Å². The smallest absolute Gasteiger partial charge is 0.327 e. The van der Waals surface area contributed by atoms with Gasteiger partial charge in [0.25, 0.3) is 5.91 Å². The van der Waals surface area contributed by atoms with Crippen LogP contribution < -0.4 is 5.32 Å². The van der Waals surface area contributed by atoms with Gasteiger partial charge in [0.15, 0.2) is 0 Å². The van der Waals surface area contributed by atoms with Gasteiger partial charge in [0.1, 0.15) is 11.6 Å². The first-order chi connectivity index (χ1) is 7.83. The van der Waals surface area contributed by atoms with Gasteiger partial charge in [-0.05, 0) is 26.2 Å². The molecule has 0 aromatic rings. The molecule has 2 rings (SSSR count). The first-order valence-corrected chi connectivity index (χ1v) is 5.71. The highest BCUT2D eigenvalue weighted by Crippen LogP contribution is 2.35. The Morgan fingerprint density at radius 2 is 2.12 bits per heavy atom. The van der Waals surface area contributed by atoms with Crippen molar-refractivity contribution in [3.05, 3.63) is 0 Å². The third-order valence-electron chi connectivity index (χ3n) is 3.24. The Morgan fingerprint density at radius 1 is 1.53 bits per heavy atom. The summed E-state index contributed by atoms with van der Waals surface area (Å²) < 4.78 is 0. The molecule has 0 unspecified atom stereocenters. The molecular formula is C11H16N2O4. The number of rotatable bonds is 4. The van der Waals surface area contributed by atoms with Gasteiger partial charge in [-0.2, -0.15) is 0 Å². The number of carbonyl (C=O) groups is 3. The van der Waals surface area contributed by atoms with E-state index in [1.165, 1.54) is 0 Å². The average molecular weight is 240 g/mol. The molecule has 0 radical (unpaired) electrons. The number of amides is 3. The molecule has 2 fully saturated rings. The van der Waals surface area contributed by atoms with Gasteiger partial charge < -0.3 is 10.4 Å². The number of hydrogen-bond donors (Lipinski definition) is 2. The van der Waals surface area contributed by atoms with Gasteiger partial charge in [0.2, 0.25) is 0 Å². The van der Waals surface area contributed by atoms with E-state index in [-0.39, 0.29) is 0 Å². The van der Waals surface area contributed by atoms with E-state index in [9.17, 15) is 14.4 Å². The van der Waals surface area contributed by atoms with Crippen molar-refractivity contribution in [3.8, 4) is 0 Å². The van der Waals surface area contributed by atoms with Crippen molar-refractivity contribution in [2.45, 2.75) is 44.7 Å². The van der Waals surface area contributed by atoms with Crippen LogP contribution in [0.25, 0.3) is 0 Å². The molecule has 1 atom stereocenters. The van der Waals surface area contributed by atoms with E-state index in [1.54, 1.807) is 13.8 Å². The maximum Gasteiger partial charge on any atom is 0.327 e. The minimum absolute atomic E-state index is 0.334. The molecule has 0 aromatic heterocycles. The Labute approximate surface area is 99.0 Å². The van der Waals surface area contributed by atoms with Gasteiger partial charge in [-0.1, -0.05) is 12.8 Å². The third-order valence-corrected chi connectivity index (χ3v) is 3.24. The van der Waals surface area contributed by atoms with Crippen molar-refractivity contribution in [1.29, 1.82) is 0 Å². The molecular weight excluding hydrogens is 224 g/mol. The summed E-state index contributed by atoms with van der Waals surface area (Å²) in [5.41, 5.74) is -1.01. The number of imide groups is 1. The van der Waals surface area contributed by atoms with Crippen molar-refractivity contribution in [2.24, 2.45) is 5.92 Å². The summed E-state index contributed by atoms with van der Waals surface area (Å²) in [4.78, 5) is 35.7. The number of hydrogen-bond acceptors (Lipinski definition) is 3. The van der Waals surface area contributed by atoms with Crippen LogP contribution in [0.1, 0.15) is 33.1 Å². The van der Waals surface area contributed by atoms with Crippen LogP contribution in [0.3, 0.4) is 0 Å². The lowest BCUT2D eigenvalue weighted by Crippen LogP contribution is -2.47. The monoisotopic (exact) mass is 240 g/mol. The molecule has 0 spiro atoms. The van der Waals surface area contributed by atoms with Crippen molar-refractivity contribution >= 4 is 17.9 Å². The highest BCUT2D eigenvalue weighted by Gasteiger charge is 2.50. The minimum atomic E-state index is -1.11. The van der Waals surface area contributed by atoms with Gasteiger partial charge in [0, 0.05) is 0 Å². The summed E-state index contributed by atoms with van der Waals surface area (Å²) >= 11 is 0. The highest BCUT2D eigenvalue weighted by atomic mass is 16.4. The molecule has 94 valence electrons. The topological polar surface area (TPSA) is 86.7 Å². The maximum atomic E-state index is 12.0. The SMILES string of the molecule is CC1(C)NC(=O)N([C@@H](CC2CC2)C(=O)O)C1=O. The summed E-state index contributed by atoms with van der Waals surface area (Å²) in [6.07, 6.45) is 2.33. The van der Waals surface area contributed by atoms with Crippen LogP contribution in [0, 0.1) is 5.92 Å². The third kappa shape index (κ3) is 2.11. The van der Waals surface area contributed by atoms with Crippen molar-refractivity contribution in [1.82, 2.24) is 10.2 Å². The van der Waals surface area contributed by atoms with Gasteiger partial charge in [-0.25, -0.2) is 14.5 Å². The van der Waals surface area contributed by atoms with Crippen LogP contribution >= 0.6 is 0 Å². The van der Waals surface area contributed by atoms with Crippen LogP contribution in [0.15, 0.2) is 0 Å². The minimum Gasteiger partial charge on any atom is -0.480 e. The van der Waals surface area contributed by atoms with E-state index in [0.717, 1.165) is 17.7 Å². The first kappa shape index (κ1) is 11.9. The van der Waals surface area contributed by atoms with E-state index < -0.39 is 29.5 Å². The fourth-order valence-corrected chi connectivity index (χ4v) is 2.04. The Balaban J connectivity index is 2.20. The summed E-state index contributed by atoms with van der Waals surface area (Å²) in [5, 5.41) is 11.6.